The van der Waals surface area contributed by atoms with E-state index in [1.807, 2.05) is 42.5 Å². The van der Waals surface area contributed by atoms with Gasteiger partial charge in [0.05, 0.1) is 31.2 Å². The average Bonchev–Trinajstić information content (AvgIpc) is 3.16. The lowest BCUT2D eigenvalue weighted by atomic mass is 10.1. The Kier molecular flexibility index (Phi) is 4.78. The molecule has 3 aromatic rings. The predicted octanol–water partition coefficient (Wildman–Crippen LogP) is 2.88. The molecule has 1 aromatic heterocycles. The fraction of sp³-hybridized carbons (Fsp3) is 0.333. The largest absolute Gasteiger partial charge is 0.497 e. The summed E-state index contributed by atoms with van der Waals surface area (Å²) in [7, 11) is 1.63. The lowest BCUT2D eigenvalue weighted by Gasteiger charge is -2.24. The van der Waals surface area contributed by atoms with Crippen molar-refractivity contribution in [2.24, 2.45) is 0 Å². The Bertz CT molecular complexity index is 1230. The van der Waals surface area contributed by atoms with Crippen LogP contribution in [-0.2, 0) is 22.4 Å². The second kappa shape index (κ2) is 7.60. The van der Waals surface area contributed by atoms with Crippen LogP contribution in [0.5, 0.6) is 5.75 Å². The number of fused-ring (bicyclic) bond motifs is 2. The molecule has 0 N–H and O–H groups in total. The minimum atomic E-state index is -0.570. The number of aromatic nitrogens is 2. The number of hydrogen-bond acceptors (Lipinski definition) is 5. The van der Waals surface area contributed by atoms with Crippen molar-refractivity contribution >= 4 is 10.9 Å². The maximum atomic E-state index is 13.1. The number of benzene rings is 2. The SMILES string of the molecule is COc1cccc(C#Cc2ccc3c(=O)n4c(nc3c2)CCC2(CC4)OCCO2)c1. The van der Waals surface area contributed by atoms with Gasteiger partial charge < -0.3 is 14.2 Å². The molecule has 0 bridgehead atoms. The van der Waals surface area contributed by atoms with Crippen molar-refractivity contribution in [3.05, 3.63) is 69.8 Å². The Balaban J connectivity index is 1.49. The normalized spacial score (nSPS) is 17.2. The van der Waals surface area contributed by atoms with Gasteiger partial charge in [0.15, 0.2) is 5.79 Å². The van der Waals surface area contributed by atoms with E-state index >= 15 is 0 Å². The molecule has 2 aliphatic heterocycles. The van der Waals surface area contributed by atoms with Crippen LogP contribution in [-0.4, -0.2) is 35.7 Å². The summed E-state index contributed by atoms with van der Waals surface area (Å²) >= 11 is 0. The van der Waals surface area contributed by atoms with Crippen molar-refractivity contribution in [2.75, 3.05) is 20.3 Å². The summed E-state index contributed by atoms with van der Waals surface area (Å²) in [6.45, 7) is 1.76. The molecule has 6 nitrogen and oxygen atoms in total. The van der Waals surface area contributed by atoms with Gasteiger partial charge in [0.25, 0.3) is 5.56 Å². The summed E-state index contributed by atoms with van der Waals surface area (Å²) < 4.78 is 18.7. The zero-order chi connectivity index (χ0) is 20.6. The van der Waals surface area contributed by atoms with Crippen LogP contribution in [0.2, 0.25) is 0 Å². The van der Waals surface area contributed by atoms with E-state index in [2.05, 4.69) is 11.8 Å². The highest BCUT2D eigenvalue weighted by molar-refractivity contribution is 5.79. The predicted molar refractivity (Wildman–Crippen MR) is 113 cm³/mol. The summed E-state index contributed by atoms with van der Waals surface area (Å²) in [6, 6.07) is 13.2. The zero-order valence-corrected chi connectivity index (χ0v) is 16.8. The quantitative estimate of drug-likeness (QED) is 0.586. The molecular weight excluding hydrogens is 380 g/mol. The lowest BCUT2D eigenvalue weighted by molar-refractivity contribution is -0.165. The first-order chi connectivity index (χ1) is 14.7. The number of methoxy groups -OCH3 is 1. The highest BCUT2D eigenvalue weighted by Crippen LogP contribution is 2.31. The van der Waals surface area contributed by atoms with E-state index in [9.17, 15) is 4.79 Å². The van der Waals surface area contributed by atoms with E-state index in [-0.39, 0.29) is 5.56 Å². The van der Waals surface area contributed by atoms with Crippen molar-refractivity contribution in [1.29, 1.82) is 0 Å². The van der Waals surface area contributed by atoms with Gasteiger partial charge in [-0.2, -0.15) is 0 Å². The van der Waals surface area contributed by atoms with Crippen LogP contribution in [0.3, 0.4) is 0 Å². The van der Waals surface area contributed by atoms with E-state index in [1.54, 1.807) is 11.7 Å². The van der Waals surface area contributed by atoms with Gasteiger partial charge in [-0.25, -0.2) is 4.98 Å². The van der Waals surface area contributed by atoms with Gasteiger partial charge in [-0.15, -0.1) is 0 Å². The minimum Gasteiger partial charge on any atom is -0.497 e. The molecule has 5 rings (SSSR count). The minimum absolute atomic E-state index is 0.0163. The van der Waals surface area contributed by atoms with Gasteiger partial charge in [-0.3, -0.25) is 9.36 Å². The van der Waals surface area contributed by atoms with Crippen LogP contribution < -0.4 is 10.3 Å². The summed E-state index contributed by atoms with van der Waals surface area (Å²) in [5, 5.41) is 0.606. The zero-order valence-electron chi connectivity index (χ0n) is 16.8. The highest BCUT2D eigenvalue weighted by Gasteiger charge is 2.38. The number of rotatable bonds is 1. The van der Waals surface area contributed by atoms with E-state index in [1.165, 1.54) is 0 Å². The molecule has 0 aliphatic carbocycles. The first-order valence-electron chi connectivity index (χ1n) is 10.1. The van der Waals surface area contributed by atoms with Crippen LogP contribution in [0.15, 0.2) is 47.3 Å². The van der Waals surface area contributed by atoms with Crippen molar-refractivity contribution in [3.8, 4) is 17.6 Å². The molecule has 0 saturated carbocycles. The molecule has 1 saturated heterocycles. The molecule has 0 atom stereocenters. The Morgan fingerprint density at radius 3 is 2.67 bits per heavy atom. The number of aryl methyl sites for hydroxylation is 1. The van der Waals surface area contributed by atoms with Crippen LogP contribution in [0.1, 0.15) is 29.8 Å². The first kappa shape index (κ1) is 18.9. The van der Waals surface area contributed by atoms with Gasteiger partial charge in [0.1, 0.15) is 11.6 Å². The third kappa shape index (κ3) is 3.47. The molecule has 2 aromatic carbocycles. The monoisotopic (exact) mass is 402 g/mol. The summed E-state index contributed by atoms with van der Waals surface area (Å²) in [4.78, 5) is 17.9. The van der Waals surface area contributed by atoms with E-state index in [0.29, 0.717) is 49.9 Å². The van der Waals surface area contributed by atoms with Crippen LogP contribution in [0, 0.1) is 11.8 Å². The van der Waals surface area contributed by atoms with Gasteiger partial charge in [-0.05, 0) is 36.4 Å². The van der Waals surface area contributed by atoms with Crippen molar-refractivity contribution < 1.29 is 14.2 Å². The molecule has 1 spiro atoms. The molecular formula is C24H22N2O4. The molecule has 0 unspecified atom stereocenters. The lowest BCUT2D eigenvalue weighted by Crippen LogP contribution is -2.31. The first-order valence-corrected chi connectivity index (χ1v) is 10.1. The number of nitrogens with zero attached hydrogens (tertiary/aromatic N) is 2. The molecule has 0 amide bonds. The van der Waals surface area contributed by atoms with Gasteiger partial charge in [0, 0.05) is 36.9 Å². The summed E-state index contributed by atoms with van der Waals surface area (Å²) in [5.74, 6) is 7.29. The van der Waals surface area contributed by atoms with Crippen molar-refractivity contribution in [3.63, 3.8) is 0 Å². The molecule has 6 heteroatoms. The Hall–Kier alpha value is -3.14. The Morgan fingerprint density at radius 2 is 1.87 bits per heavy atom. The van der Waals surface area contributed by atoms with Crippen molar-refractivity contribution in [1.82, 2.24) is 9.55 Å². The highest BCUT2D eigenvalue weighted by atomic mass is 16.7. The van der Waals surface area contributed by atoms with Crippen LogP contribution >= 0.6 is 0 Å². The fourth-order valence-corrected chi connectivity index (χ4v) is 4.11. The maximum Gasteiger partial charge on any atom is 0.261 e. The number of ether oxygens (including phenoxy) is 3. The van der Waals surface area contributed by atoms with E-state index in [0.717, 1.165) is 22.7 Å². The fourth-order valence-electron chi connectivity index (χ4n) is 4.11. The second-order valence-electron chi connectivity index (χ2n) is 7.56. The van der Waals surface area contributed by atoms with E-state index < -0.39 is 5.79 Å². The Morgan fingerprint density at radius 1 is 1.07 bits per heavy atom. The number of hydrogen-bond donors (Lipinski definition) is 0. The van der Waals surface area contributed by atoms with E-state index in [4.69, 9.17) is 19.2 Å². The summed E-state index contributed by atoms with van der Waals surface area (Å²) in [6.07, 6.45) is 2.02. The second-order valence-corrected chi connectivity index (χ2v) is 7.56. The summed E-state index contributed by atoms with van der Waals surface area (Å²) in [5.41, 5.74) is 2.34. The van der Waals surface area contributed by atoms with Gasteiger partial charge in [0.2, 0.25) is 0 Å². The third-order valence-corrected chi connectivity index (χ3v) is 5.71. The smallest absolute Gasteiger partial charge is 0.261 e. The van der Waals surface area contributed by atoms with Crippen molar-refractivity contribution in [2.45, 2.75) is 31.6 Å². The Labute approximate surface area is 174 Å². The molecule has 2 aliphatic rings. The standard InChI is InChI=1S/C24H22N2O4/c1-28-19-4-2-3-17(15-19)5-6-18-7-8-20-21(16-18)25-22-9-10-24(29-13-14-30-24)11-12-26(22)23(20)27/h2-4,7-8,15-16H,9-14H2,1H3. The topological polar surface area (TPSA) is 62.6 Å². The molecule has 1 fully saturated rings. The average molecular weight is 402 g/mol. The van der Waals surface area contributed by atoms with Crippen LogP contribution in [0.25, 0.3) is 10.9 Å². The molecule has 30 heavy (non-hydrogen) atoms. The van der Waals surface area contributed by atoms with Gasteiger partial charge >= 0.3 is 0 Å². The maximum absolute atomic E-state index is 13.1. The van der Waals surface area contributed by atoms with Gasteiger partial charge in [-0.1, -0.05) is 17.9 Å². The molecule has 0 radical (unpaired) electrons. The van der Waals surface area contributed by atoms with Crippen LogP contribution in [0.4, 0.5) is 0 Å². The molecule has 3 heterocycles. The molecule has 152 valence electrons. The third-order valence-electron chi connectivity index (χ3n) is 5.71.